The molecule has 0 spiro atoms. The van der Waals surface area contributed by atoms with Gasteiger partial charge >= 0.3 is 0 Å². The van der Waals surface area contributed by atoms with Gasteiger partial charge in [0.05, 0.1) is 12.9 Å². The molecule has 1 aliphatic heterocycles. The Kier molecular flexibility index (Phi) is 3.61. The molecule has 0 radical (unpaired) electrons. The fourth-order valence-corrected chi connectivity index (χ4v) is 3.69. The second kappa shape index (κ2) is 5.38. The van der Waals surface area contributed by atoms with Crippen molar-refractivity contribution in [2.75, 3.05) is 13.7 Å². The molecule has 3 rings (SSSR count). The normalized spacial score (nSPS) is 22.9. The fourth-order valence-electron chi connectivity index (χ4n) is 3.69. The number of rotatable bonds is 4. The predicted molar refractivity (Wildman–Crippen MR) is 78.1 cm³/mol. The number of nitrogens with one attached hydrogen (secondary N) is 1. The lowest BCUT2D eigenvalue weighted by atomic mass is 9.58. The van der Waals surface area contributed by atoms with E-state index in [9.17, 15) is 0 Å². The lowest BCUT2D eigenvalue weighted by molar-refractivity contribution is 0.169. The monoisotopic (exact) mass is 257 g/mol. The Labute approximate surface area is 115 Å². The van der Waals surface area contributed by atoms with Gasteiger partial charge in [-0.25, -0.2) is 0 Å². The molecule has 1 aromatic rings. The van der Waals surface area contributed by atoms with Gasteiger partial charge in [-0.3, -0.25) is 0 Å². The molecule has 19 heavy (non-hydrogen) atoms. The molecule has 2 aliphatic rings. The molecular formula is C17H23NO. The smallest absolute Gasteiger partial charge is 0.0876 e. The summed E-state index contributed by atoms with van der Waals surface area (Å²) in [6.07, 6.45) is 8.21. The summed E-state index contributed by atoms with van der Waals surface area (Å²) in [5.74, 6) is 0. The van der Waals surface area contributed by atoms with Crippen molar-refractivity contribution in [1.29, 1.82) is 0 Å². The van der Waals surface area contributed by atoms with E-state index in [1.54, 1.807) is 0 Å². The highest BCUT2D eigenvalue weighted by molar-refractivity contribution is 5.35. The first-order valence-corrected chi connectivity index (χ1v) is 7.40. The molecule has 1 unspecified atom stereocenters. The predicted octanol–water partition coefficient (Wildman–Crippen LogP) is 3.39. The molecular weight excluding hydrogens is 234 g/mol. The first-order valence-electron chi connectivity index (χ1n) is 7.40. The highest BCUT2D eigenvalue weighted by atomic mass is 16.5. The summed E-state index contributed by atoms with van der Waals surface area (Å²) in [4.78, 5) is 0. The Morgan fingerprint density at radius 3 is 2.47 bits per heavy atom. The van der Waals surface area contributed by atoms with Gasteiger partial charge in [0, 0.05) is 11.5 Å². The third kappa shape index (κ3) is 2.18. The second-order valence-corrected chi connectivity index (χ2v) is 5.76. The molecule has 0 amide bonds. The zero-order chi connectivity index (χ0) is 13.1. The van der Waals surface area contributed by atoms with Gasteiger partial charge in [-0.15, -0.1) is 0 Å². The Bertz CT molecular complexity index is 448. The molecule has 1 saturated carbocycles. The maximum atomic E-state index is 5.56. The van der Waals surface area contributed by atoms with Crippen molar-refractivity contribution in [2.45, 2.75) is 43.6 Å². The van der Waals surface area contributed by atoms with Crippen molar-refractivity contribution in [3.63, 3.8) is 0 Å². The van der Waals surface area contributed by atoms with Crippen LogP contribution in [0.3, 0.4) is 0 Å². The number of hydrogen-bond acceptors (Lipinski definition) is 2. The first-order chi connectivity index (χ1) is 9.37. The first kappa shape index (κ1) is 12.7. The number of likely N-dealkylation sites (N-methyl/N-ethyl adjacent to an activating group) is 1. The molecule has 2 nitrogen and oxygen atoms in total. The van der Waals surface area contributed by atoms with Crippen LogP contribution in [-0.2, 0) is 10.2 Å². The van der Waals surface area contributed by atoms with Crippen molar-refractivity contribution >= 4 is 0 Å². The Balaban J connectivity index is 1.93. The van der Waals surface area contributed by atoms with E-state index in [1.165, 1.54) is 36.8 Å². The van der Waals surface area contributed by atoms with E-state index in [0.717, 1.165) is 13.0 Å². The van der Waals surface area contributed by atoms with Crippen LogP contribution in [0.5, 0.6) is 0 Å². The highest BCUT2D eigenvalue weighted by Gasteiger charge is 2.46. The lowest BCUT2D eigenvalue weighted by Gasteiger charge is -2.49. The van der Waals surface area contributed by atoms with Crippen molar-refractivity contribution in [2.24, 2.45) is 0 Å². The zero-order valence-corrected chi connectivity index (χ0v) is 11.7. The Hall–Kier alpha value is -1.28. The molecule has 0 bridgehead atoms. The summed E-state index contributed by atoms with van der Waals surface area (Å²) in [6.45, 7) is 0.873. The van der Waals surface area contributed by atoms with Gasteiger partial charge in [0.2, 0.25) is 0 Å². The summed E-state index contributed by atoms with van der Waals surface area (Å²) in [6, 6.07) is 11.4. The van der Waals surface area contributed by atoms with Crippen LogP contribution in [0.25, 0.3) is 0 Å². The highest BCUT2D eigenvalue weighted by Crippen LogP contribution is 2.48. The molecule has 1 heterocycles. The minimum Gasteiger partial charge on any atom is -0.501 e. The summed E-state index contributed by atoms with van der Waals surface area (Å²) >= 11 is 0. The molecule has 0 saturated heterocycles. The standard InChI is InChI=1S/C17H23NO/c1-18-16(14-7-5-12-19-13-14)17(10-6-11-17)15-8-3-2-4-9-15/h2-4,8-9,13,16,18H,5-7,10-12H2,1H3. The number of hydrogen-bond donors (Lipinski definition) is 1. The largest absolute Gasteiger partial charge is 0.501 e. The van der Waals surface area contributed by atoms with Crippen LogP contribution >= 0.6 is 0 Å². The van der Waals surface area contributed by atoms with E-state index < -0.39 is 0 Å². The average molecular weight is 257 g/mol. The minimum absolute atomic E-state index is 0.280. The van der Waals surface area contributed by atoms with Crippen LogP contribution in [0.15, 0.2) is 42.2 Å². The van der Waals surface area contributed by atoms with Gasteiger partial charge in [0.25, 0.3) is 0 Å². The number of benzene rings is 1. The van der Waals surface area contributed by atoms with Crippen molar-refractivity contribution in [1.82, 2.24) is 5.32 Å². The van der Waals surface area contributed by atoms with E-state index in [-0.39, 0.29) is 5.41 Å². The van der Waals surface area contributed by atoms with Crippen LogP contribution in [0, 0.1) is 0 Å². The third-order valence-corrected chi connectivity index (χ3v) is 4.77. The van der Waals surface area contributed by atoms with Crippen LogP contribution in [-0.4, -0.2) is 19.7 Å². The van der Waals surface area contributed by atoms with Crippen LogP contribution in [0.4, 0.5) is 0 Å². The summed E-state index contributed by atoms with van der Waals surface area (Å²) < 4.78 is 5.56. The van der Waals surface area contributed by atoms with E-state index in [2.05, 4.69) is 42.7 Å². The molecule has 0 aromatic heterocycles. The summed E-state index contributed by atoms with van der Waals surface area (Å²) in [5, 5.41) is 3.56. The maximum absolute atomic E-state index is 5.56. The fraction of sp³-hybridized carbons (Fsp3) is 0.529. The summed E-state index contributed by atoms with van der Waals surface area (Å²) in [5.41, 5.74) is 3.20. The molecule has 1 N–H and O–H groups in total. The van der Waals surface area contributed by atoms with Gasteiger partial charge in [-0.1, -0.05) is 36.8 Å². The van der Waals surface area contributed by atoms with Crippen LogP contribution < -0.4 is 5.32 Å². The molecule has 1 fully saturated rings. The lowest BCUT2D eigenvalue weighted by Crippen LogP contribution is -2.53. The van der Waals surface area contributed by atoms with E-state index in [1.807, 2.05) is 6.26 Å². The van der Waals surface area contributed by atoms with Crippen LogP contribution in [0.2, 0.25) is 0 Å². The number of ether oxygens (including phenoxy) is 1. The maximum Gasteiger partial charge on any atom is 0.0876 e. The van der Waals surface area contributed by atoms with E-state index in [4.69, 9.17) is 4.74 Å². The van der Waals surface area contributed by atoms with Crippen LogP contribution in [0.1, 0.15) is 37.7 Å². The molecule has 2 heteroatoms. The van der Waals surface area contributed by atoms with Gasteiger partial charge in [-0.2, -0.15) is 0 Å². The van der Waals surface area contributed by atoms with Gasteiger partial charge in [0.15, 0.2) is 0 Å². The molecule has 102 valence electrons. The van der Waals surface area contributed by atoms with Gasteiger partial charge in [-0.05, 0) is 43.9 Å². The molecule has 1 aliphatic carbocycles. The quantitative estimate of drug-likeness (QED) is 0.892. The third-order valence-electron chi connectivity index (χ3n) is 4.77. The van der Waals surface area contributed by atoms with Crippen molar-refractivity contribution in [3.8, 4) is 0 Å². The average Bonchev–Trinajstić information content (AvgIpc) is 2.44. The second-order valence-electron chi connectivity index (χ2n) is 5.76. The molecule has 1 aromatic carbocycles. The van der Waals surface area contributed by atoms with Gasteiger partial charge in [0.1, 0.15) is 0 Å². The SMILES string of the molecule is CNC(C1=COCCC1)C1(c2ccccc2)CCC1. The zero-order valence-electron chi connectivity index (χ0n) is 11.7. The van der Waals surface area contributed by atoms with Crippen molar-refractivity contribution < 1.29 is 4.74 Å². The Morgan fingerprint density at radius 2 is 1.95 bits per heavy atom. The van der Waals surface area contributed by atoms with Crippen molar-refractivity contribution in [3.05, 3.63) is 47.7 Å². The molecule has 1 atom stereocenters. The summed E-state index contributed by atoms with van der Waals surface area (Å²) in [7, 11) is 2.09. The van der Waals surface area contributed by atoms with Gasteiger partial charge < -0.3 is 10.1 Å². The van der Waals surface area contributed by atoms with E-state index >= 15 is 0 Å². The minimum atomic E-state index is 0.280. The van der Waals surface area contributed by atoms with E-state index in [0.29, 0.717) is 6.04 Å². The topological polar surface area (TPSA) is 21.3 Å². The Morgan fingerprint density at radius 1 is 1.16 bits per heavy atom.